The normalized spacial score (nSPS) is 11.5. The van der Waals surface area contributed by atoms with Crippen molar-refractivity contribution < 1.29 is 19.1 Å². The second-order valence-corrected chi connectivity index (χ2v) is 7.59. The first-order chi connectivity index (χ1) is 13.5. The van der Waals surface area contributed by atoms with Gasteiger partial charge in [0.25, 0.3) is 5.91 Å². The van der Waals surface area contributed by atoms with E-state index in [1.165, 1.54) is 18.4 Å². The van der Waals surface area contributed by atoms with Gasteiger partial charge in [0.2, 0.25) is 6.10 Å². The minimum Gasteiger partial charge on any atom is -0.495 e. The Bertz CT molecular complexity index is 981. The number of carbonyl (C=O) groups is 2. The van der Waals surface area contributed by atoms with Crippen LogP contribution in [0.5, 0.6) is 5.75 Å². The molecule has 3 aromatic rings. The van der Waals surface area contributed by atoms with Gasteiger partial charge >= 0.3 is 5.97 Å². The topological polar surface area (TPSA) is 64.6 Å². The first kappa shape index (κ1) is 19.6. The molecule has 0 aliphatic rings. The molecule has 1 N–H and O–H groups in total. The lowest BCUT2D eigenvalue weighted by Gasteiger charge is -2.19. The Morgan fingerprint density at radius 3 is 2.39 bits per heavy atom. The maximum absolute atomic E-state index is 13.0. The molecule has 0 spiro atoms. The van der Waals surface area contributed by atoms with Crippen LogP contribution in [0.15, 0.2) is 60.7 Å². The molecule has 1 atom stereocenters. The molecule has 0 saturated heterocycles. The number of amides is 1. The molecule has 0 aliphatic heterocycles. The fourth-order valence-corrected chi connectivity index (χ4v) is 3.48. The SMILES string of the molecule is COc1ccc(C)cc1NC(=O)[C@H](OC(=O)c1ccc(C)s1)c1ccccc1. The van der Waals surface area contributed by atoms with Crippen LogP contribution in [0.2, 0.25) is 0 Å². The van der Waals surface area contributed by atoms with E-state index in [0.717, 1.165) is 10.4 Å². The Kier molecular flexibility index (Phi) is 6.11. The van der Waals surface area contributed by atoms with Gasteiger partial charge in [0.1, 0.15) is 10.6 Å². The molecule has 1 heterocycles. The number of methoxy groups -OCH3 is 1. The molecule has 0 aliphatic carbocycles. The van der Waals surface area contributed by atoms with Crippen molar-refractivity contribution in [1.29, 1.82) is 0 Å². The maximum Gasteiger partial charge on any atom is 0.349 e. The molecule has 6 heteroatoms. The number of anilines is 1. The van der Waals surface area contributed by atoms with E-state index in [4.69, 9.17) is 9.47 Å². The number of thiophene rings is 1. The van der Waals surface area contributed by atoms with E-state index in [1.807, 2.05) is 38.1 Å². The number of benzene rings is 2. The van der Waals surface area contributed by atoms with Gasteiger partial charge in [-0.3, -0.25) is 4.79 Å². The molecule has 5 nitrogen and oxygen atoms in total. The average Bonchev–Trinajstić information content (AvgIpc) is 3.13. The van der Waals surface area contributed by atoms with Crippen LogP contribution >= 0.6 is 11.3 Å². The Balaban J connectivity index is 1.87. The van der Waals surface area contributed by atoms with E-state index in [0.29, 0.717) is 21.9 Å². The van der Waals surface area contributed by atoms with E-state index in [-0.39, 0.29) is 0 Å². The Morgan fingerprint density at radius 1 is 1.00 bits per heavy atom. The summed E-state index contributed by atoms with van der Waals surface area (Å²) in [6.45, 7) is 3.83. The summed E-state index contributed by atoms with van der Waals surface area (Å²) in [6, 6.07) is 18.0. The van der Waals surface area contributed by atoms with Gasteiger partial charge in [0.15, 0.2) is 0 Å². The van der Waals surface area contributed by atoms with Crippen LogP contribution in [0.3, 0.4) is 0 Å². The Hall–Kier alpha value is -3.12. The first-order valence-corrected chi connectivity index (χ1v) is 9.57. The number of hydrogen-bond acceptors (Lipinski definition) is 5. The summed E-state index contributed by atoms with van der Waals surface area (Å²) in [5.41, 5.74) is 2.09. The largest absolute Gasteiger partial charge is 0.495 e. The summed E-state index contributed by atoms with van der Waals surface area (Å²) in [5, 5.41) is 2.83. The summed E-state index contributed by atoms with van der Waals surface area (Å²) in [5.74, 6) is -0.444. The quantitative estimate of drug-likeness (QED) is 0.602. The molecule has 0 bridgehead atoms. The van der Waals surface area contributed by atoms with Crippen LogP contribution in [0.1, 0.15) is 31.8 Å². The lowest BCUT2D eigenvalue weighted by atomic mass is 10.1. The molecule has 28 heavy (non-hydrogen) atoms. The fourth-order valence-electron chi connectivity index (χ4n) is 2.73. The minimum absolute atomic E-state index is 0.447. The van der Waals surface area contributed by atoms with Crippen LogP contribution in [-0.4, -0.2) is 19.0 Å². The predicted octanol–water partition coefficient (Wildman–Crippen LogP) is 4.91. The molecule has 2 aromatic carbocycles. The van der Waals surface area contributed by atoms with Gasteiger partial charge in [-0.25, -0.2) is 4.79 Å². The highest BCUT2D eigenvalue weighted by Crippen LogP contribution is 2.28. The number of ether oxygens (including phenoxy) is 2. The monoisotopic (exact) mass is 395 g/mol. The smallest absolute Gasteiger partial charge is 0.349 e. The first-order valence-electron chi connectivity index (χ1n) is 8.76. The Morgan fingerprint density at radius 2 is 1.75 bits per heavy atom. The standard InChI is InChI=1S/C22H21NO4S/c1-14-9-11-18(26-3)17(13-14)23-21(24)20(16-7-5-4-6-8-16)27-22(25)19-12-10-15(2)28-19/h4-13,20H,1-3H3,(H,23,24)/t20-/m1/s1. The van der Waals surface area contributed by atoms with Crippen molar-refractivity contribution in [1.82, 2.24) is 0 Å². The zero-order valence-corrected chi connectivity index (χ0v) is 16.7. The predicted molar refractivity (Wildman–Crippen MR) is 110 cm³/mol. The van der Waals surface area contributed by atoms with Gasteiger partial charge < -0.3 is 14.8 Å². The third-order valence-electron chi connectivity index (χ3n) is 4.12. The molecule has 1 amide bonds. The highest BCUT2D eigenvalue weighted by atomic mass is 32.1. The maximum atomic E-state index is 13.0. The molecule has 0 unspecified atom stereocenters. The second-order valence-electron chi connectivity index (χ2n) is 6.30. The molecule has 0 radical (unpaired) electrons. The molecular formula is C22H21NO4S. The second kappa shape index (κ2) is 8.71. The van der Waals surface area contributed by atoms with E-state index < -0.39 is 18.0 Å². The molecule has 0 saturated carbocycles. The van der Waals surface area contributed by atoms with Crippen LogP contribution < -0.4 is 10.1 Å². The van der Waals surface area contributed by atoms with Crippen molar-refractivity contribution in [2.75, 3.05) is 12.4 Å². The van der Waals surface area contributed by atoms with Gasteiger partial charge in [-0.15, -0.1) is 11.3 Å². The third kappa shape index (κ3) is 4.58. The zero-order valence-electron chi connectivity index (χ0n) is 15.9. The van der Waals surface area contributed by atoms with Crippen molar-refractivity contribution in [3.8, 4) is 5.75 Å². The van der Waals surface area contributed by atoms with Crippen LogP contribution in [0, 0.1) is 13.8 Å². The van der Waals surface area contributed by atoms with Crippen LogP contribution in [0.25, 0.3) is 0 Å². The van der Waals surface area contributed by atoms with Gasteiger partial charge in [-0.2, -0.15) is 0 Å². The number of rotatable bonds is 6. The average molecular weight is 395 g/mol. The lowest BCUT2D eigenvalue weighted by Crippen LogP contribution is -2.26. The summed E-state index contributed by atoms with van der Waals surface area (Å²) < 4.78 is 10.9. The van der Waals surface area contributed by atoms with E-state index >= 15 is 0 Å². The number of carbonyl (C=O) groups excluding carboxylic acids is 2. The lowest BCUT2D eigenvalue weighted by molar-refractivity contribution is -0.125. The Labute approximate surface area is 167 Å². The highest BCUT2D eigenvalue weighted by molar-refractivity contribution is 7.13. The van der Waals surface area contributed by atoms with E-state index in [1.54, 1.807) is 36.4 Å². The molecule has 3 rings (SSSR count). The molecule has 0 fully saturated rings. The van der Waals surface area contributed by atoms with Crippen molar-refractivity contribution in [2.24, 2.45) is 0 Å². The van der Waals surface area contributed by atoms with Crippen molar-refractivity contribution in [2.45, 2.75) is 20.0 Å². The zero-order chi connectivity index (χ0) is 20.1. The number of esters is 1. The summed E-state index contributed by atoms with van der Waals surface area (Å²) in [4.78, 5) is 27.0. The van der Waals surface area contributed by atoms with Gasteiger partial charge in [-0.05, 0) is 43.7 Å². The number of aryl methyl sites for hydroxylation is 2. The minimum atomic E-state index is -1.08. The van der Waals surface area contributed by atoms with E-state index in [9.17, 15) is 9.59 Å². The molecular weight excluding hydrogens is 374 g/mol. The van der Waals surface area contributed by atoms with Crippen molar-refractivity contribution in [3.63, 3.8) is 0 Å². The molecule has 144 valence electrons. The van der Waals surface area contributed by atoms with Gasteiger partial charge in [0.05, 0.1) is 12.8 Å². The van der Waals surface area contributed by atoms with Crippen LogP contribution in [0.4, 0.5) is 5.69 Å². The van der Waals surface area contributed by atoms with Crippen LogP contribution in [-0.2, 0) is 9.53 Å². The number of hydrogen-bond donors (Lipinski definition) is 1. The summed E-state index contributed by atoms with van der Waals surface area (Å²) in [6.07, 6.45) is -1.08. The third-order valence-corrected chi connectivity index (χ3v) is 5.10. The summed E-state index contributed by atoms with van der Waals surface area (Å²) in [7, 11) is 1.54. The fraction of sp³-hybridized carbons (Fsp3) is 0.182. The van der Waals surface area contributed by atoms with Gasteiger partial charge in [0, 0.05) is 10.4 Å². The molecule has 1 aromatic heterocycles. The van der Waals surface area contributed by atoms with E-state index in [2.05, 4.69) is 5.32 Å². The van der Waals surface area contributed by atoms with Crippen molar-refractivity contribution in [3.05, 3.63) is 81.5 Å². The highest BCUT2D eigenvalue weighted by Gasteiger charge is 2.27. The van der Waals surface area contributed by atoms with Crippen molar-refractivity contribution >= 4 is 28.9 Å². The number of nitrogens with one attached hydrogen (secondary N) is 1. The van der Waals surface area contributed by atoms with Gasteiger partial charge in [-0.1, -0.05) is 36.4 Å². The summed E-state index contributed by atoms with van der Waals surface area (Å²) >= 11 is 1.33.